The molecule has 2 aliphatic rings. The van der Waals surface area contributed by atoms with Gasteiger partial charge in [-0.1, -0.05) is 24.3 Å². The number of Topliss-reactive ketones (excluding diaryl/α,β-unsaturated/α-hetero) is 1. The van der Waals surface area contributed by atoms with Crippen molar-refractivity contribution in [2.24, 2.45) is 0 Å². The standard InChI is InChI=1S/C28H28N4O4S/c1-31-10-12-32(13-11-31)21-15-20(16-22(17-21)37(2,34)35)29-28-30-25-5-3-4-23(27(25)36-28)19-7-6-18-8-9-26(33)24(18)14-19/h3-7,14-17H,8-13H2,1-2H3,(H,29,30). The SMILES string of the molecule is CN1CCN(c2cc(Nc3nc4cccc(-c5ccc6c(c5)C(=O)CC6)c4o3)cc(S(C)(=O)=O)c2)CC1. The molecular formula is C28H28N4O4S. The number of ketones is 1. The molecule has 6 rings (SSSR count). The fraction of sp³-hybridized carbons (Fsp3) is 0.286. The molecule has 0 spiro atoms. The quantitative estimate of drug-likeness (QED) is 0.414. The van der Waals surface area contributed by atoms with E-state index in [4.69, 9.17) is 4.42 Å². The van der Waals surface area contributed by atoms with E-state index < -0.39 is 9.84 Å². The summed E-state index contributed by atoms with van der Waals surface area (Å²) < 4.78 is 31.1. The molecule has 1 N–H and O–H groups in total. The lowest BCUT2D eigenvalue weighted by atomic mass is 10.00. The Balaban J connectivity index is 1.36. The van der Waals surface area contributed by atoms with Gasteiger partial charge < -0.3 is 19.5 Å². The van der Waals surface area contributed by atoms with Crippen LogP contribution in [0, 0.1) is 0 Å². The second-order valence-electron chi connectivity index (χ2n) is 9.87. The molecule has 1 fully saturated rings. The second kappa shape index (κ2) is 9.00. The van der Waals surface area contributed by atoms with Crippen LogP contribution < -0.4 is 10.2 Å². The smallest absolute Gasteiger partial charge is 0.300 e. The van der Waals surface area contributed by atoms with Gasteiger partial charge in [-0.05, 0) is 54.9 Å². The van der Waals surface area contributed by atoms with Crippen LogP contribution in [0.4, 0.5) is 17.4 Å². The monoisotopic (exact) mass is 516 g/mol. The number of rotatable bonds is 5. The van der Waals surface area contributed by atoms with Crippen LogP contribution in [0.25, 0.3) is 22.2 Å². The molecule has 9 heteroatoms. The Morgan fingerprint density at radius 3 is 2.54 bits per heavy atom. The normalized spacial score (nSPS) is 16.4. The predicted octanol–water partition coefficient (Wildman–Crippen LogP) is 4.52. The number of para-hydroxylation sites is 1. The molecule has 0 radical (unpaired) electrons. The Bertz CT molecular complexity index is 1640. The van der Waals surface area contributed by atoms with Crippen LogP contribution in [0.5, 0.6) is 0 Å². The minimum atomic E-state index is -3.42. The van der Waals surface area contributed by atoms with Gasteiger partial charge in [0, 0.05) is 61.4 Å². The fourth-order valence-electron chi connectivity index (χ4n) is 5.07. The maximum absolute atomic E-state index is 12.5. The summed E-state index contributed by atoms with van der Waals surface area (Å²) in [5.74, 6) is 0.172. The van der Waals surface area contributed by atoms with Crippen LogP contribution in [0.2, 0.25) is 0 Å². The number of nitrogens with one attached hydrogen (secondary N) is 1. The first-order valence-corrected chi connectivity index (χ1v) is 14.3. The number of oxazole rings is 1. The van der Waals surface area contributed by atoms with Crippen LogP contribution in [0.15, 0.2) is 63.9 Å². The number of anilines is 3. The van der Waals surface area contributed by atoms with Gasteiger partial charge in [0.2, 0.25) is 0 Å². The number of carbonyl (C=O) groups excluding carboxylic acids is 1. The molecule has 0 atom stereocenters. The number of likely N-dealkylation sites (N-methyl/N-ethyl adjacent to an activating group) is 1. The van der Waals surface area contributed by atoms with E-state index in [-0.39, 0.29) is 16.7 Å². The molecule has 1 aliphatic heterocycles. The van der Waals surface area contributed by atoms with Gasteiger partial charge >= 0.3 is 0 Å². The molecule has 0 bridgehead atoms. The minimum absolute atomic E-state index is 0.172. The number of aromatic nitrogens is 1. The summed E-state index contributed by atoms with van der Waals surface area (Å²) in [5.41, 5.74) is 6.33. The molecule has 3 aromatic carbocycles. The molecule has 0 saturated carbocycles. The van der Waals surface area contributed by atoms with E-state index in [9.17, 15) is 13.2 Å². The lowest BCUT2D eigenvalue weighted by Crippen LogP contribution is -2.44. The first kappa shape index (κ1) is 23.7. The summed E-state index contributed by atoms with van der Waals surface area (Å²) in [6, 6.07) is 17.2. The number of benzene rings is 3. The first-order valence-electron chi connectivity index (χ1n) is 12.4. The van der Waals surface area contributed by atoms with Crippen molar-refractivity contribution in [3.63, 3.8) is 0 Å². The highest BCUT2D eigenvalue weighted by Crippen LogP contribution is 2.35. The zero-order chi connectivity index (χ0) is 25.7. The summed E-state index contributed by atoms with van der Waals surface area (Å²) in [7, 11) is -1.34. The molecule has 190 valence electrons. The number of piperazine rings is 1. The lowest BCUT2D eigenvalue weighted by Gasteiger charge is -2.34. The molecule has 1 aromatic heterocycles. The summed E-state index contributed by atoms with van der Waals surface area (Å²) >= 11 is 0. The Hall–Kier alpha value is -3.69. The molecule has 0 unspecified atom stereocenters. The van der Waals surface area contributed by atoms with E-state index in [0.717, 1.165) is 60.5 Å². The fourth-order valence-corrected chi connectivity index (χ4v) is 5.75. The van der Waals surface area contributed by atoms with Crippen molar-refractivity contribution in [3.05, 3.63) is 65.7 Å². The molecule has 1 saturated heterocycles. The van der Waals surface area contributed by atoms with Gasteiger partial charge in [0.05, 0.1) is 4.90 Å². The van der Waals surface area contributed by atoms with Crippen molar-refractivity contribution in [1.29, 1.82) is 0 Å². The van der Waals surface area contributed by atoms with Gasteiger partial charge in [-0.2, -0.15) is 4.98 Å². The Morgan fingerprint density at radius 2 is 1.76 bits per heavy atom. The molecular weight excluding hydrogens is 488 g/mol. The lowest BCUT2D eigenvalue weighted by molar-refractivity contribution is 0.0994. The third kappa shape index (κ3) is 4.60. The van der Waals surface area contributed by atoms with Crippen LogP contribution in [-0.4, -0.2) is 63.6 Å². The van der Waals surface area contributed by atoms with Crippen molar-refractivity contribution in [3.8, 4) is 11.1 Å². The van der Waals surface area contributed by atoms with Crippen LogP contribution >= 0.6 is 0 Å². The highest BCUT2D eigenvalue weighted by atomic mass is 32.2. The van der Waals surface area contributed by atoms with Gasteiger partial charge in [-0.3, -0.25) is 4.79 Å². The topological polar surface area (TPSA) is 95.8 Å². The average Bonchev–Trinajstić information content (AvgIpc) is 3.46. The molecule has 1 aliphatic carbocycles. The van der Waals surface area contributed by atoms with E-state index in [0.29, 0.717) is 23.2 Å². The maximum atomic E-state index is 12.5. The van der Waals surface area contributed by atoms with Crippen molar-refractivity contribution in [2.45, 2.75) is 17.7 Å². The summed E-state index contributed by atoms with van der Waals surface area (Å²) in [6.07, 6.45) is 2.56. The van der Waals surface area contributed by atoms with Gasteiger partial charge in [0.15, 0.2) is 21.2 Å². The second-order valence-corrected chi connectivity index (χ2v) is 11.9. The van der Waals surface area contributed by atoms with E-state index in [1.54, 1.807) is 12.1 Å². The number of aryl methyl sites for hydroxylation is 1. The van der Waals surface area contributed by atoms with Crippen molar-refractivity contribution in [2.75, 3.05) is 49.7 Å². The third-order valence-corrected chi connectivity index (χ3v) is 8.29. The van der Waals surface area contributed by atoms with Gasteiger partial charge in [-0.15, -0.1) is 0 Å². The zero-order valence-corrected chi connectivity index (χ0v) is 21.6. The highest BCUT2D eigenvalue weighted by molar-refractivity contribution is 7.90. The van der Waals surface area contributed by atoms with E-state index in [1.807, 2.05) is 42.5 Å². The molecule has 8 nitrogen and oxygen atoms in total. The number of carbonyl (C=O) groups is 1. The highest BCUT2D eigenvalue weighted by Gasteiger charge is 2.22. The Labute approximate surface area is 215 Å². The molecule has 4 aromatic rings. The van der Waals surface area contributed by atoms with Crippen LogP contribution in [0.1, 0.15) is 22.3 Å². The molecule has 37 heavy (non-hydrogen) atoms. The number of nitrogens with zero attached hydrogens (tertiary/aromatic N) is 3. The molecule has 2 heterocycles. The largest absolute Gasteiger partial charge is 0.423 e. The number of hydrogen-bond donors (Lipinski definition) is 1. The van der Waals surface area contributed by atoms with Crippen molar-refractivity contribution >= 4 is 44.1 Å². The van der Waals surface area contributed by atoms with Gasteiger partial charge in [0.25, 0.3) is 6.01 Å². The zero-order valence-electron chi connectivity index (χ0n) is 20.8. The predicted molar refractivity (Wildman–Crippen MR) is 145 cm³/mol. The Morgan fingerprint density at radius 1 is 0.946 bits per heavy atom. The molecule has 0 amide bonds. The summed E-state index contributed by atoms with van der Waals surface area (Å²) in [5, 5.41) is 3.19. The van der Waals surface area contributed by atoms with Crippen molar-refractivity contribution in [1.82, 2.24) is 9.88 Å². The first-order chi connectivity index (χ1) is 17.7. The van der Waals surface area contributed by atoms with E-state index in [1.165, 1.54) is 6.26 Å². The van der Waals surface area contributed by atoms with Gasteiger partial charge in [-0.25, -0.2) is 8.42 Å². The van der Waals surface area contributed by atoms with Crippen LogP contribution in [0.3, 0.4) is 0 Å². The van der Waals surface area contributed by atoms with E-state index in [2.05, 4.69) is 27.1 Å². The van der Waals surface area contributed by atoms with E-state index >= 15 is 0 Å². The summed E-state index contributed by atoms with van der Waals surface area (Å²) in [4.78, 5) is 21.6. The third-order valence-electron chi connectivity index (χ3n) is 7.20. The van der Waals surface area contributed by atoms with Gasteiger partial charge in [0.1, 0.15) is 5.52 Å². The minimum Gasteiger partial charge on any atom is -0.423 e. The maximum Gasteiger partial charge on any atom is 0.300 e. The number of hydrogen-bond acceptors (Lipinski definition) is 8. The summed E-state index contributed by atoms with van der Waals surface area (Å²) in [6.45, 7) is 3.46. The van der Waals surface area contributed by atoms with Crippen LogP contribution in [-0.2, 0) is 16.3 Å². The van der Waals surface area contributed by atoms with Crippen molar-refractivity contribution < 1.29 is 17.6 Å². The average molecular weight is 517 g/mol. The Kier molecular flexibility index (Phi) is 5.77. The number of fused-ring (bicyclic) bond motifs is 2. The number of sulfone groups is 1.